The molecule has 0 bridgehead atoms. The first-order valence-corrected chi connectivity index (χ1v) is 7.42. The van der Waals surface area contributed by atoms with Crippen molar-refractivity contribution >= 4 is 5.78 Å². The normalized spacial score (nSPS) is 40.5. The van der Waals surface area contributed by atoms with E-state index in [0.29, 0.717) is 11.8 Å². The van der Waals surface area contributed by atoms with Gasteiger partial charge in [-0.1, -0.05) is 20.3 Å². The Bertz CT molecular complexity index is 268. The molecule has 1 heterocycles. The molecule has 98 valence electrons. The lowest BCUT2D eigenvalue weighted by molar-refractivity contribution is -0.129. The molecule has 0 N–H and O–H groups in total. The summed E-state index contributed by atoms with van der Waals surface area (Å²) < 4.78 is 0. The molecule has 2 atom stereocenters. The van der Waals surface area contributed by atoms with E-state index >= 15 is 0 Å². The molecular weight excluding hydrogens is 210 g/mol. The molecule has 2 aliphatic rings. The molecule has 1 saturated carbocycles. The van der Waals surface area contributed by atoms with E-state index < -0.39 is 0 Å². The van der Waals surface area contributed by atoms with Crippen LogP contribution in [0.2, 0.25) is 0 Å². The maximum Gasteiger partial charge on any atom is 0.138 e. The van der Waals surface area contributed by atoms with E-state index in [0.717, 1.165) is 24.9 Å². The summed E-state index contributed by atoms with van der Waals surface area (Å²) in [6.45, 7) is 7.67. The Labute approximate surface area is 106 Å². The van der Waals surface area contributed by atoms with Crippen molar-refractivity contribution in [1.29, 1.82) is 0 Å². The van der Waals surface area contributed by atoms with Crippen LogP contribution in [0.25, 0.3) is 0 Å². The van der Waals surface area contributed by atoms with Crippen molar-refractivity contribution in [1.82, 2.24) is 4.90 Å². The average molecular weight is 237 g/mol. The van der Waals surface area contributed by atoms with Crippen LogP contribution < -0.4 is 0 Å². The fourth-order valence-electron chi connectivity index (χ4n) is 3.63. The topological polar surface area (TPSA) is 20.3 Å². The number of likely N-dealkylation sites (tertiary alicyclic amines) is 1. The van der Waals surface area contributed by atoms with Crippen molar-refractivity contribution in [3.05, 3.63) is 0 Å². The maximum atomic E-state index is 11.7. The van der Waals surface area contributed by atoms with Gasteiger partial charge in [0.25, 0.3) is 0 Å². The van der Waals surface area contributed by atoms with E-state index in [4.69, 9.17) is 0 Å². The van der Waals surface area contributed by atoms with Crippen molar-refractivity contribution in [2.24, 2.45) is 11.8 Å². The Hall–Kier alpha value is -0.370. The van der Waals surface area contributed by atoms with Crippen LogP contribution in [0.1, 0.15) is 59.3 Å². The van der Waals surface area contributed by atoms with Gasteiger partial charge in [-0.3, -0.25) is 9.69 Å². The van der Waals surface area contributed by atoms with Gasteiger partial charge >= 0.3 is 0 Å². The zero-order valence-corrected chi connectivity index (χ0v) is 11.6. The average Bonchev–Trinajstić information content (AvgIpc) is 2.36. The molecule has 2 rings (SSSR count). The van der Waals surface area contributed by atoms with Gasteiger partial charge < -0.3 is 0 Å². The summed E-state index contributed by atoms with van der Waals surface area (Å²) in [7, 11) is 0. The Morgan fingerprint density at radius 2 is 1.82 bits per heavy atom. The number of rotatable bonds is 2. The highest BCUT2D eigenvalue weighted by atomic mass is 16.1. The molecule has 0 radical (unpaired) electrons. The van der Waals surface area contributed by atoms with Crippen LogP contribution in [-0.2, 0) is 4.79 Å². The summed E-state index contributed by atoms with van der Waals surface area (Å²) in [5.41, 5.74) is 0. The summed E-state index contributed by atoms with van der Waals surface area (Å²) in [4.78, 5) is 14.3. The van der Waals surface area contributed by atoms with Crippen LogP contribution in [0.5, 0.6) is 0 Å². The summed E-state index contributed by atoms with van der Waals surface area (Å²) in [6, 6.07) is 1.21. The van der Waals surface area contributed by atoms with Crippen LogP contribution in [0.3, 0.4) is 0 Å². The van der Waals surface area contributed by atoms with Gasteiger partial charge in [0, 0.05) is 31.0 Å². The van der Waals surface area contributed by atoms with Gasteiger partial charge in [0.1, 0.15) is 5.78 Å². The Morgan fingerprint density at radius 1 is 1.18 bits per heavy atom. The Kier molecular flexibility index (Phi) is 4.24. The number of carbonyl (C=O) groups excluding carboxylic acids is 1. The fourth-order valence-corrected chi connectivity index (χ4v) is 3.63. The molecule has 1 aliphatic carbocycles. The molecule has 2 unspecified atom stereocenters. The lowest BCUT2D eigenvalue weighted by Crippen LogP contribution is -2.52. The van der Waals surface area contributed by atoms with Crippen molar-refractivity contribution < 1.29 is 4.79 Å². The Balaban J connectivity index is 1.92. The predicted molar refractivity (Wildman–Crippen MR) is 71.0 cm³/mol. The van der Waals surface area contributed by atoms with Gasteiger partial charge in [0.15, 0.2) is 0 Å². The lowest BCUT2D eigenvalue weighted by Gasteiger charge is -2.44. The summed E-state index contributed by atoms with van der Waals surface area (Å²) in [5, 5.41) is 0. The molecule has 0 aromatic rings. The number of ketones is 1. The lowest BCUT2D eigenvalue weighted by atomic mass is 9.81. The summed E-state index contributed by atoms with van der Waals surface area (Å²) in [5.74, 6) is 1.68. The van der Waals surface area contributed by atoms with Crippen LogP contribution in [0.15, 0.2) is 0 Å². The van der Waals surface area contributed by atoms with Crippen molar-refractivity contribution in [3.8, 4) is 0 Å². The first-order chi connectivity index (χ1) is 8.13. The van der Waals surface area contributed by atoms with Gasteiger partial charge in [-0.15, -0.1) is 0 Å². The van der Waals surface area contributed by atoms with Gasteiger partial charge in [0.05, 0.1) is 0 Å². The molecule has 2 fully saturated rings. The van der Waals surface area contributed by atoms with E-state index in [9.17, 15) is 4.79 Å². The molecule has 1 saturated heterocycles. The zero-order valence-electron chi connectivity index (χ0n) is 11.6. The van der Waals surface area contributed by atoms with Crippen LogP contribution in [-0.4, -0.2) is 29.3 Å². The number of hydrogen-bond acceptors (Lipinski definition) is 2. The summed E-state index contributed by atoms with van der Waals surface area (Å²) >= 11 is 0. The third-order valence-electron chi connectivity index (χ3n) is 5.23. The van der Waals surface area contributed by atoms with Gasteiger partial charge in [-0.2, -0.15) is 0 Å². The first-order valence-electron chi connectivity index (χ1n) is 7.42. The smallest absolute Gasteiger partial charge is 0.138 e. The third-order valence-corrected chi connectivity index (χ3v) is 5.23. The maximum absolute atomic E-state index is 11.7. The van der Waals surface area contributed by atoms with Gasteiger partial charge in [-0.05, 0) is 38.5 Å². The molecular formula is C15H27NO. The van der Waals surface area contributed by atoms with Crippen molar-refractivity contribution in [2.75, 3.05) is 6.54 Å². The molecule has 0 amide bonds. The molecule has 1 aliphatic heterocycles. The minimum Gasteiger partial charge on any atom is -0.299 e. The largest absolute Gasteiger partial charge is 0.299 e. The molecule has 0 aromatic carbocycles. The minimum absolute atomic E-state index is 0.243. The SMILES string of the molecule is CCC1CCC(N2CCC(=O)C(C)C2C)CC1. The number of piperidine rings is 1. The number of Topliss-reactive ketones (excluding diaryl/α,β-unsaturated/α-hetero) is 1. The second-order valence-electron chi connectivity index (χ2n) is 6.07. The van der Waals surface area contributed by atoms with E-state index in [1.165, 1.54) is 32.1 Å². The quantitative estimate of drug-likeness (QED) is 0.735. The number of hydrogen-bond donors (Lipinski definition) is 0. The number of carbonyl (C=O) groups is 1. The van der Waals surface area contributed by atoms with Crippen molar-refractivity contribution in [2.45, 2.75) is 71.4 Å². The van der Waals surface area contributed by atoms with E-state index in [1.54, 1.807) is 0 Å². The second kappa shape index (κ2) is 5.51. The van der Waals surface area contributed by atoms with E-state index in [-0.39, 0.29) is 5.92 Å². The third kappa shape index (κ3) is 2.73. The molecule has 17 heavy (non-hydrogen) atoms. The predicted octanol–water partition coefficient (Wildman–Crippen LogP) is 3.25. The standard InChI is InChI=1S/C15H27NO/c1-4-13-5-7-14(8-6-13)16-10-9-15(17)11(2)12(16)3/h11-14H,4-10H2,1-3H3. The highest BCUT2D eigenvalue weighted by Gasteiger charge is 2.35. The molecule has 0 aromatic heterocycles. The van der Waals surface area contributed by atoms with Crippen LogP contribution >= 0.6 is 0 Å². The van der Waals surface area contributed by atoms with Gasteiger partial charge in [-0.25, -0.2) is 0 Å². The molecule has 2 heteroatoms. The zero-order chi connectivity index (χ0) is 12.4. The van der Waals surface area contributed by atoms with Gasteiger partial charge in [0.2, 0.25) is 0 Å². The summed E-state index contributed by atoms with van der Waals surface area (Å²) in [6.07, 6.45) is 7.61. The van der Waals surface area contributed by atoms with E-state index in [2.05, 4.69) is 25.7 Å². The minimum atomic E-state index is 0.243. The second-order valence-corrected chi connectivity index (χ2v) is 6.07. The Morgan fingerprint density at radius 3 is 2.41 bits per heavy atom. The van der Waals surface area contributed by atoms with Crippen LogP contribution in [0, 0.1) is 11.8 Å². The van der Waals surface area contributed by atoms with Crippen molar-refractivity contribution in [3.63, 3.8) is 0 Å². The highest BCUT2D eigenvalue weighted by molar-refractivity contribution is 5.82. The molecule has 2 nitrogen and oxygen atoms in total. The first kappa shape index (κ1) is 13.1. The van der Waals surface area contributed by atoms with E-state index in [1.807, 2.05) is 0 Å². The highest BCUT2D eigenvalue weighted by Crippen LogP contribution is 2.33. The monoisotopic (exact) mass is 237 g/mol. The van der Waals surface area contributed by atoms with Crippen LogP contribution in [0.4, 0.5) is 0 Å². The fraction of sp³-hybridized carbons (Fsp3) is 0.933. The molecule has 0 spiro atoms. The number of nitrogens with zero attached hydrogens (tertiary/aromatic N) is 1.